The SMILES string of the molecule is O=C1CC(=O)c2c1sc1ccsc21. The highest BCUT2D eigenvalue weighted by Crippen LogP contribution is 2.39. The van der Waals surface area contributed by atoms with Crippen LogP contribution in [0.15, 0.2) is 11.4 Å². The van der Waals surface area contributed by atoms with Crippen LogP contribution in [0.3, 0.4) is 0 Å². The maximum atomic E-state index is 11.4. The minimum absolute atomic E-state index is 0.00583. The molecule has 0 bridgehead atoms. The Bertz CT molecular complexity index is 533. The van der Waals surface area contributed by atoms with Crippen molar-refractivity contribution >= 4 is 43.6 Å². The number of carbonyl (C=O) groups excluding carboxylic acids is 2. The summed E-state index contributed by atoms with van der Waals surface area (Å²) in [6.45, 7) is 0. The normalized spacial score (nSPS) is 15.7. The van der Waals surface area contributed by atoms with Gasteiger partial charge < -0.3 is 0 Å². The van der Waals surface area contributed by atoms with Crippen LogP contribution in [0.4, 0.5) is 0 Å². The van der Waals surface area contributed by atoms with Crippen molar-refractivity contribution in [1.82, 2.24) is 0 Å². The minimum Gasteiger partial charge on any atom is -0.294 e. The topological polar surface area (TPSA) is 34.1 Å². The first-order valence-corrected chi connectivity index (χ1v) is 5.53. The zero-order valence-corrected chi connectivity index (χ0v) is 8.13. The van der Waals surface area contributed by atoms with Crippen molar-refractivity contribution in [2.24, 2.45) is 0 Å². The average molecular weight is 208 g/mol. The quantitative estimate of drug-likeness (QED) is 0.624. The predicted octanol–water partition coefficient (Wildman–Crippen LogP) is 2.73. The van der Waals surface area contributed by atoms with Gasteiger partial charge in [-0.05, 0) is 11.4 Å². The molecule has 0 atom stereocenters. The molecule has 0 aromatic carbocycles. The summed E-state index contributed by atoms with van der Waals surface area (Å²) in [4.78, 5) is 23.5. The number of hydrogen-bond donors (Lipinski definition) is 0. The molecule has 2 heterocycles. The van der Waals surface area contributed by atoms with Crippen LogP contribution >= 0.6 is 22.7 Å². The number of Topliss-reactive ketones (excluding diaryl/α,β-unsaturated/α-hetero) is 2. The van der Waals surface area contributed by atoms with Crippen molar-refractivity contribution in [2.75, 3.05) is 0 Å². The molecule has 64 valence electrons. The Morgan fingerprint density at radius 1 is 1.23 bits per heavy atom. The molecule has 13 heavy (non-hydrogen) atoms. The molecule has 0 amide bonds. The fourth-order valence-electron chi connectivity index (χ4n) is 1.59. The summed E-state index contributed by atoms with van der Waals surface area (Å²) in [7, 11) is 0. The van der Waals surface area contributed by atoms with Gasteiger partial charge in [0.05, 0.1) is 21.6 Å². The summed E-state index contributed by atoms with van der Waals surface area (Å²) in [5.41, 5.74) is 0.681. The highest BCUT2D eigenvalue weighted by Gasteiger charge is 2.32. The molecule has 3 rings (SSSR count). The van der Waals surface area contributed by atoms with Crippen LogP contribution in [0.1, 0.15) is 26.5 Å². The lowest BCUT2D eigenvalue weighted by Crippen LogP contribution is -1.91. The molecular weight excluding hydrogens is 204 g/mol. The van der Waals surface area contributed by atoms with Crippen LogP contribution in [0.25, 0.3) is 9.40 Å². The van der Waals surface area contributed by atoms with E-state index in [0.29, 0.717) is 10.4 Å². The third-order valence-electron chi connectivity index (χ3n) is 2.15. The van der Waals surface area contributed by atoms with E-state index in [2.05, 4.69) is 0 Å². The molecule has 0 spiro atoms. The lowest BCUT2D eigenvalue weighted by Gasteiger charge is -1.83. The Labute approximate surface area is 81.8 Å². The Morgan fingerprint density at radius 3 is 2.92 bits per heavy atom. The summed E-state index contributed by atoms with van der Waals surface area (Å²) < 4.78 is 2.06. The van der Waals surface area contributed by atoms with Gasteiger partial charge >= 0.3 is 0 Å². The maximum Gasteiger partial charge on any atom is 0.181 e. The van der Waals surface area contributed by atoms with Crippen molar-refractivity contribution in [3.8, 4) is 0 Å². The number of fused-ring (bicyclic) bond motifs is 3. The molecule has 2 nitrogen and oxygen atoms in total. The average Bonchev–Trinajstić information content (AvgIpc) is 2.63. The third kappa shape index (κ3) is 0.818. The molecule has 4 heteroatoms. The van der Waals surface area contributed by atoms with E-state index in [-0.39, 0.29) is 18.0 Å². The zero-order valence-electron chi connectivity index (χ0n) is 6.49. The van der Waals surface area contributed by atoms with E-state index in [4.69, 9.17) is 0 Å². The van der Waals surface area contributed by atoms with Crippen molar-refractivity contribution < 1.29 is 9.59 Å². The smallest absolute Gasteiger partial charge is 0.181 e. The molecule has 0 fully saturated rings. The van der Waals surface area contributed by atoms with Gasteiger partial charge in [0.2, 0.25) is 0 Å². The molecule has 0 radical (unpaired) electrons. The van der Waals surface area contributed by atoms with E-state index in [0.717, 1.165) is 9.40 Å². The summed E-state index contributed by atoms with van der Waals surface area (Å²) in [6.07, 6.45) is 0.0784. The molecule has 0 aliphatic heterocycles. The Hall–Kier alpha value is -1.00. The van der Waals surface area contributed by atoms with Crippen LogP contribution in [-0.2, 0) is 0 Å². The van der Waals surface area contributed by atoms with Crippen molar-refractivity contribution in [3.05, 3.63) is 21.9 Å². The van der Waals surface area contributed by atoms with Gasteiger partial charge in [0.15, 0.2) is 11.6 Å². The fourth-order valence-corrected chi connectivity index (χ4v) is 3.92. The summed E-state index contributed by atoms with van der Waals surface area (Å²) in [5, 5.41) is 1.96. The number of thiophene rings is 2. The van der Waals surface area contributed by atoms with E-state index in [9.17, 15) is 9.59 Å². The standard InChI is InChI=1S/C9H4O2S2/c10-4-3-5(11)8-7(4)9-6(13-8)1-2-12-9/h1-2H,3H2. The lowest BCUT2D eigenvalue weighted by atomic mass is 10.2. The zero-order chi connectivity index (χ0) is 9.00. The number of rotatable bonds is 0. The molecule has 2 aromatic rings. The van der Waals surface area contributed by atoms with Crippen LogP contribution in [0.2, 0.25) is 0 Å². The largest absolute Gasteiger partial charge is 0.294 e. The van der Waals surface area contributed by atoms with Crippen LogP contribution in [0.5, 0.6) is 0 Å². The summed E-state index contributed by atoms with van der Waals surface area (Å²) >= 11 is 2.99. The van der Waals surface area contributed by atoms with Crippen molar-refractivity contribution in [3.63, 3.8) is 0 Å². The van der Waals surface area contributed by atoms with Gasteiger partial charge in [0, 0.05) is 4.70 Å². The maximum absolute atomic E-state index is 11.4. The molecule has 0 saturated heterocycles. The molecule has 1 aliphatic rings. The Balaban J connectivity index is 2.50. The highest BCUT2D eigenvalue weighted by molar-refractivity contribution is 7.28. The molecule has 0 unspecified atom stereocenters. The predicted molar refractivity (Wildman–Crippen MR) is 53.0 cm³/mol. The van der Waals surface area contributed by atoms with E-state index in [1.54, 1.807) is 11.3 Å². The molecular formula is C9H4O2S2. The Morgan fingerprint density at radius 2 is 2.08 bits per heavy atom. The highest BCUT2D eigenvalue weighted by atomic mass is 32.1. The van der Waals surface area contributed by atoms with Gasteiger partial charge in [-0.1, -0.05) is 0 Å². The molecule has 0 saturated carbocycles. The molecule has 1 aliphatic carbocycles. The monoisotopic (exact) mass is 208 g/mol. The van der Waals surface area contributed by atoms with E-state index >= 15 is 0 Å². The van der Waals surface area contributed by atoms with Crippen molar-refractivity contribution in [1.29, 1.82) is 0 Å². The van der Waals surface area contributed by atoms with Gasteiger partial charge in [0.25, 0.3) is 0 Å². The number of carbonyl (C=O) groups is 2. The summed E-state index contributed by atoms with van der Waals surface area (Å²) in [6, 6.07) is 1.96. The van der Waals surface area contributed by atoms with E-state index in [1.165, 1.54) is 11.3 Å². The second kappa shape index (κ2) is 2.27. The second-order valence-corrected chi connectivity index (χ2v) is 4.91. The number of ketones is 2. The van der Waals surface area contributed by atoms with Gasteiger partial charge in [-0.3, -0.25) is 9.59 Å². The summed E-state index contributed by atoms with van der Waals surface area (Å²) in [5.74, 6) is -0.0119. The van der Waals surface area contributed by atoms with E-state index < -0.39 is 0 Å². The van der Waals surface area contributed by atoms with Gasteiger partial charge in [-0.15, -0.1) is 22.7 Å². The first kappa shape index (κ1) is 7.41. The van der Waals surface area contributed by atoms with Crippen LogP contribution in [-0.4, -0.2) is 11.6 Å². The minimum atomic E-state index is -0.00611. The van der Waals surface area contributed by atoms with Gasteiger partial charge in [-0.2, -0.15) is 0 Å². The van der Waals surface area contributed by atoms with Crippen LogP contribution in [0, 0.1) is 0 Å². The van der Waals surface area contributed by atoms with E-state index in [1.807, 2.05) is 11.4 Å². The third-order valence-corrected chi connectivity index (χ3v) is 4.41. The number of hydrogen-bond acceptors (Lipinski definition) is 4. The van der Waals surface area contributed by atoms with Crippen LogP contribution < -0.4 is 0 Å². The lowest BCUT2D eigenvalue weighted by molar-refractivity contribution is 0.0924. The first-order chi connectivity index (χ1) is 6.27. The molecule has 2 aromatic heterocycles. The van der Waals surface area contributed by atoms with Gasteiger partial charge in [-0.25, -0.2) is 0 Å². The van der Waals surface area contributed by atoms with Crippen molar-refractivity contribution in [2.45, 2.75) is 6.42 Å². The second-order valence-electron chi connectivity index (χ2n) is 2.94. The first-order valence-electron chi connectivity index (χ1n) is 3.84. The fraction of sp³-hybridized carbons (Fsp3) is 0.111. The van der Waals surface area contributed by atoms with Gasteiger partial charge in [0.1, 0.15) is 0 Å². The Kier molecular flexibility index (Phi) is 1.30. The molecule has 0 N–H and O–H groups in total.